The van der Waals surface area contributed by atoms with Gasteiger partial charge in [-0.15, -0.1) is 4.40 Å². The summed E-state index contributed by atoms with van der Waals surface area (Å²) in [7, 11) is -2.32. The number of sulfonamides is 1. The fraction of sp³-hybridized carbons (Fsp3) is 0.409. The van der Waals surface area contributed by atoms with Gasteiger partial charge in [-0.2, -0.15) is 0 Å². The molecule has 156 valence electrons. The Labute approximate surface area is 172 Å². The third-order valence-electron chi connectivity index (χ3n) is 5.11. The van der Waals surface area contributed by atoms with Crippen LogP contribution in [0.4, 0.5) is 0 Å². The molecule has 2 aromatic carbocycles. The summed E-state index contributed by atoms with van der Waals surface area (Å²) in [6, 6.07) is 16.6. The summed E-state index contributed by atoms with van der Waals surface area (Å²) < 4.78 is 41.6. The third kappa shape index (κ3) is 4.79. The molecular weight excluding hydrogens is 390 g/mol. The number of hydrogen-bond donors (Lipinski definition) is 1. The Balaban J connectivity index is 1.94. The smallest absolute Gasteiger partial charge is 0.267 e. The third-order valence-corrected chi connectivity index (χ3v) is 7.00. The van der Waals surface area contributed by atoms with Crippen molar-refractivity contribution in [2.75, 3.05) is 13.7 Å². The summed E-state index contributed by atoms with van der Waals surface area (Å²) in [5, 5.41) is 8.52. The van der Waals surface area contributed by atoms with Crippen LogP contribution in [0.1, 0.15) is 49.0 Å². The van der Waals surface area contributed by atoms with Crippen LogP contribution in [0.25, 0.3) is 0 Å². The summed E-state index contributed by atoms with van der Waals surface area (Å²) in [4.78, 5) is 0. The number of benzene rings is 2. The zero-order valence-electron chi connectivity index (χ0n) is 16.9. The zero-order valence-corrected chi connectivity index (χ0v) is 17.7. The molecule has 1 heterocycles. The summed E-state index contributed by atoms with van der Waals surface area (Å²) in [6.07, 6.45) is 0.796. The van der Waals surface area contributed by atoms with Crippen molar-refractivity contribution in [3.8, 4) is 5.75 Å². The zero-order chi connectivity index (χ0) is 21.1. The maximum absolute atomic E-state index is 13.1. The molecule has 2 atom stereocenters. The molecule has 0 saturated carbocycles. The Morgan fingerprint density at radius 2 is 1.90 bits per heavy atom. The largest absolute Gasteiger partial charge is 0.497 e. The van der Waals surface area contributed by atoms with Crippen LogP contribution in [0.2, 0.25) is 0 Å². The number of aliphatic hydroxyl groups is 1. The molecule has 0 amide bonds. The fourth-order valence-corrected chi connectivity index (χ4v) is 5.62. The van der Waals surface area contributed by atoms with Crippen LogP contribution in [0.3, 0.4) is 0 Å². The molecule has 3 rings (SSSR count). The fourth-order valence-electron chi connectivity index (χ4n) is 3.86. The normalized spacial score (nSPS) is 21.0. The van der Waals surface area contributed by atoms with Crippen molar-refractivity contribution in [1.29, 1.82) is 0 Å². The van der Waals surface area contributed by atoms with Crippen LogP contribution in [0.5, 0.6) is 5.75 Å². The number of methoxy groups -OCH3 is 1. The first-order valence-corrected chi connectivity index (χ1v) is 11.1. The van der Waals surface area contributed by atoms with Gasteiger partial charge in [-0.05, 0) is 49.4 Å². The minimum Gasteiger partial charge on any atom is -0.497 e. The summed E-state index contributed by atoms with van der Waals surface area (Å²) in [6.45, 7) is 3.51. The molecule has 0 fully saturated rings. The van der Waals surface area contributed by atoms with E-state index < -0.39 is 20.9 Å². The molecule has 29 heavy (non-hydrogen) atoms. The molecule has 2 aromatic rings. The highest BCUT2D eigenvalue weighted by Crippen LogP contribution is 2.42. The van der Waals surface area contributed by atoms with Crippen LogP contribution in [0.15, 0.2) is 59.0 Å². The van der Waals surface area contributed by atoms with Gasteiger partial charge in [-0.3, -0.25) is 0 Å². The van der Waals surface area contributed by atoms with Gasteiger partial charge in [0.1, 0.15) is 16.6 Å². The molecule has 0 bridgehead atoms. The van der Waals surface area contributed by atoms with Crippen molar-refractivity contribution >= 4 is 15.9 Å². The lowest BCUT2D eigenvalue weighted by atomic mass is 9.92. The molecule has 1 N–H and O–H groups in total. The monoisotopic (exact) mass is 417 g/mol. The first-order chi connectivity index (χ1) is 13.8. The molecule has 1 aliphatic rings. The van der Waals surface area contributed by atoms with Gasteiger partial charge in [0.25, 0.3) is 10.0 Å². The lowest BCUT2D eigenvalue weighted by molar-refractivity contribution is 0.0797. The Kier molecular flexibility index (Phi) is 6.29. The predicted molar refractivity (Wildman–Crippen MR) is 113 cm³/mol. The van der Waals surface area contributed by atoms with Gasteiger partial charge in [0, 0.05) is 13.0 Å². The summed E-state index contributed by atoms with van der Waals surface area (Å²) in [5.74, 6) is 0.672. The highest BCUT2D eigenvalue weighted by atomic mass is 32.2. The highest BCUT2D eigenvalue weighted by Gasteiger charge is 2.47. The van der Waals surface area contributed by atoms with Crippen LogP contribution in [0, 0.1) is 0 Å². The second-order valence-electron chi connectivity index (χ2n) is 7.69. The van der Waals surface area contributed by atoms with Gasteiger partial charge in [-0.1, -0.05) is 42.5 Å². The minimum absolute atomic E-state index is 0.00454. The van der Waals surface area contributed by atoms with E-state index in [2.05, 4.69) is 4.40 Å². The van der Waals surface area contributed by atoms with E-state index in [1.54, 1.807) is 38.1 Å². The number of ether oxygens (including phenoxy) is 2. The molecule has 6 nitrogen and oxygen atoms in total. The van der Waals surface area contributed by atoms with E-state index in [9.17, 15) is 13.5 Å². The topological polar surface area (TPSA) is 85.2 Å². The summed E-state index contributed by atoms with van der Waals surface area (Å²) in [5.41, 5.74) is 0.577. The molecule has 0 aromatic heterocycles. The Morgan fingerprint density at radius 3 is 2.52 bits per heavy atom. The van der Waals surface area contributed by atoms with Gasteiger partial charge in [0.05, 0.1) is 7.11 Å². The predicted octanol–water partition coefficient (Wildman–Crippen LogP) is 3.83. The van der Waals surface area contributed by atoms with Gasteiger partial charge in [0.15, 0.2) is 0 Å². The number of aliphatic hydroxyl groups excluding tert-OH is 1. The van der Waals surface area contributed by atoms with E-state index in [1.807, 2.05) is 30.3 Å². The van der Waals surface area contributed by atoms with E-state index >= 15 is 0 Å². The average molecular weight is 418 g/mol. The molecule has 0 aliphatic carbocycles. The van der Waals surface area contributed by atoms with Crippen molar-refractivity contribution in [2.24, 2.45) is 4.40 Å². The Hall–Kier alpha value is -2.38. The van der Waals surface area contributed by atoms with E-state index in [4.69, 9.17) is 9.47 Å². The van der Waals surface area contributed by atoms with Crippen molar-refractivity contribution in [3.05, 3.63) is 65.7 Å². The van der Waals surface area contributed by atoms with Crippen molar-refractivity contribution in [1.82, 2.24) is 0 Å². The molecule has 1 unspecified atom stereocenters. The lowest BCUT2D eigenvalue weighted by Crippen LogP contribution is -2.43. The SMILES string of the molecule is COc1cccc(C2C(C)(C)OC(C[C@@H](CCO)c3ccccc3)=NS2(=O)=O)c1. The molecule has 0 spiro atoms. The van der Waals surface area contributed by atoms with Crippen molar-refractivity contribution in [2.45, 2.75) is 43.5 Å². The number of nitrogens with zero attached hydrogens (tertiary/aromatic N) is 1. The van der Waals surface area contributed by atoms with E-state index in [0.717, 1.165) is 5.56 Å². The van der Waals surface area contributed by atoms with Crippen LogP contribution < -0.4 is 4.74 Å². The molecule has 0 radical (unpaired) electrons. The lowest BCUT2D eigenvalue weighted by Gasteiger charge is -2.38. The Bertz CT molecular complexity index is 970. The van der Waals surface area contributed by atoms with Gasteiger partial charge in [-0.25, -0.2) is 8.42 Å². The van der Waals surface area contributed by atoms with Crippen LogP contribution >= 0.6 is 0 Å². The van der Waals surface area contributed by atoms with Gasteiger partial charge in [0.2, 0.25) is 5.90 Å². The standard InChI is InChI=1S/C22H27NO5S/c1-22(2)21(18-10-7-11-19(14-18)27-3)29(25,26)23-20(28-22)15-17(12-13-24)16-8-5-4-6-9-16/h4-11,14,17,21,24H,12-13,15H2,1-3H3/t17-,21?/m1/s1. The average Bonchev–Trinajstić information content (AvgIpc) is 2.66. The molecule has 7 heteroatoms. The van der Waals surface area contributed by atoms with Gasteiger partial charge < -0.3 is 14.6 Å². The van der Waals surface area contributed by atoms with Crippen molar-refractivity contribution < 1.29 is 23.0 Å². The second kappa shape index (κ2) is 8.55. The molecule has 1 aliphatic heterocycles. The first-order valence-electron chi connectivity index (χ1n) is 9.58. The minimum atomic E-state index is -3.86. The van der Waals surface area contributed by atoms with Crippen molar-refractivity contribution in [3.63, 3.8) is 0 Å². The second-order valence-corrected chi connectivity index (χ2v) is 9.37. The maximum atomic E-state index is 13.1. The number of rotatable bonds is 7. The Morgan fingerprint density at radius 1 is 1.17 bits per heavy atom. The maximum Gasteiger partial charge on any atom is 0.267 e. The molecule has 0 saturated heterocycles. The van der Waals surface area contributed by atoms with E-state index in [0.29, 0.717) is 24.2 Å². The number of hydrogen-bond acceptors (Lipinski definition) is 5. The quantitative estimate of drug-likeness (QED) is 0.740. The van der Waals surface area contributed by atoms with E-state index in [-0.39, 0.29) is 18.4 Å². The summed E-state index contributed by atoms with van der Waals surface area (Å²) >= 11 is 0. The van der Waals surface area contributed by atoms with Crippen LogP contribution in [-0.2, 0) is 14.8 Å². The first kappa shape index (κ1) is 21.3. The molecular formula is C22H27NO5S. The van der Waals surface area contributed by atoms with Gasteiger partial charge >= 0.3 is 0 Å². The van der Waals surface area contributed by atoms with Crippen LogP contribution in [-0.4, -0.2) is 38.7 Å². The highest BCUT2D eigenvalue weighted by molar-refractivity contribution is 7.90. The van der Waals surface area contributed by atoms with E-state index in [1.165, 1.54) is 7.11 Å².